The Morgan fingerprint density at radius 1 is 1.77 bits per heavy atom. The molecule has 1 saturated heterocycles. The molecule has 0 amide bonds. The van der Waals surface area contributed by atoms with Crippen LogP contribution < -0.4 is 10.6 Å². The van der Waals surface area contributed by atoms with Crippen molar-refractivity contribution in [2.45, 2.75) is 6.42 Å². The molecule has 2 heterocycles. The Balaban J connectivity index is 1.82. The van der Waals surface area contributed by atoms with Crippen molar-refractivity contribution in [1.29, 1.82) is 0 Å². The highest BCUT2D eigenvalue weighted by Gasteiger charge is 2.14. The molecular formula is C9H16N4. The number of hydrogen-bond acceptors (Lipinski definition) is 3. The van der Waals surface area contributed by atoms with Crippen molar-refractivity contribution in [1.82, 2.24) is 14.9 Å². The lowest BCUT2D eigenvalue weighted by Crippen LogP contribution is -2.18. The molecule has 13 heavy (non-hydrogen) atoms. The summed E-state index contributed by atoms with van der Waals surface area (Å²) in [5, 5.41) is 6.70. The van der Waals surface area contributed by atoms with Gasteiger partial charge in [-0.25, -0.2) is 4.98 Å². The van der Waals surface area contributed by atoms with E-state index in [4.69, 9.17) is 0 Å². The molecule has 2 rings (SSSR count). The van der Waals surface area contributed by atoms with Crippen molar-refractivity contribution in [2.75, 3.05) is 25.0 Å². The van der Waals surface area contributed by atoms with Crippen LogP contribution >= 0.6 is 0 Å². The molecule has 1 unspecified atom stereocenters. The van der Waals surface area contributed by atoms with Gasteiger partial charge in [-0.3, -0.25) is 0 Å². The first-order valence-electron chi connectivity index (χ1n) is 4.78. The molecule has 0 aromatic carbocycles. The second-order valence-corrected chi connectivity index (χ2v) is 3.60. The van der Waals surface area contributed by atoms with Crippen molar-refractivity contribution in [3.05, 3.63) is 12.4 Å². The van der Waals surface area contributed by atoms with Crippen molar-refractivity contribution in [3.8, 4) is 0 Å². The van der Waals surface area contributed by atoms with E-state index in [9.17, 15) is 0 Å². The van der Waals surface area contributed by atoms with Gasteiger partial charge in [-0.15, -0.1) is 0 Å². The van der Waals surface area contributed by atoms with Gasteiger partial charge < -0.3 is 15.2 Å². The SMILES string of the molecule is Cn1ccnc1NCC1CCNC1. The summed E-state index contributed by atoms with van der Waals surface area (Å²) in [7, 11) is 2.00. The fraction of sp³-hybridized carbons (Fsp3) is 0.667. The summed E-state index contributed by atoms with van der Waals surface area (Å²) in [4.78, 5) is 4.21. The molecule has 0 bridgehead atoms. The quantitative estimate of drug-likeness (QED) is 0.709. The average molecular weight is 180 g/mol. The largest absolute Gasteiger partial charge is 0.355 e. The summed E-state index contributed by atoms with van der Waals surface area (Å²) < 4.78 is 2.00. The van der Waals surface area contributed by atoms with Crippen LogP contribution in [0.2, 0.25) is 0 Å². The third-order valence-corrected chi connectivity index (χ3v) is 2.53. The number of nitrogens with one attached hydrogen (secondary N) is 2. The van der Waals surface area contributed by atoms with Gasteiger partial charge in [0.25, 0.3) is 0 Å². The second kappa shape index (κ2) is 3.79. The summed E-state index contributed by atoms with van der Waals surface area (Å²) in [5.74, 6) is 1.73. The Bertz CT molecular complexity index is 262. The molecule has 4 heteroatoms. The highest BCUT2D eigenvalue weighted by molar-refractivity contribution is 5.25. The van der Waals surface area contributed by atoms with Gasteiger partial charge in [-0.2, -0.15) is 0 Å². The third kappa shape index (κ3) is 2.01. The zero-order chi connectivity index (χ0) is 9.10. The molecule has 2 N–H and O–H groups in total. The van der Waals surface area contributed by atoms with Gasteiger partial charge in [0.15, 0.2) is 0 Å². The van der Waals surface area contributed by atoms with Crippen molar-refractivity contribution in [3.63, 3.8) is 0 Å². The van der Waals surface area contributed by atoms with Crippen molar-refractivity contribution >= 4 is 5.95 Å². The molecule has 1 aliphatic heterocycles. The van der Waals surface area contributed by atoms with Gasteiger partial charge >= 0.3 is 0 Å². The Morgan fingerprint density at radius 3 is 3.31 bits per heavy atom. The van der Waals surface area contributed by atoms with E-state index in [2.05, 4.69) is 15.6 Å². The minimum atomic E-state index is 0.761. The average Bonchev–Trinajstić information content (AvgIpc) is 2.72. The van der Waals surface area contributed by atoms with Crippen LogP contribution in [-0.4, -0.2) is 29.2 Å². The molecule has 4 nitrogen and oxygen atoms in total. The standard InChI is InChI=1S/C9H16N4/c1-13-5-4-11-9(13)12-7-8-2-3-10-6-8/h4-5,8,10H,2-3,6-7H2,1H3,(H,11,12). The van der Waals surface area contributed by atoms with Crippen LogP contribution in [0.3, 0.4) is 0 Å². The molecular weight excluding hydrogens is 164 g/mol. The van der Waals surface area contributed by atoms with Crippen molar-refractivity contribution in [2.24, 2.45) is 13.0 Å². The Hall–Kier alpha value is -1.03. The lowest BCUT2D eigenvalue weighted by molar-refractivity contribution is 0.611. The van der Waals surface area contributed by atoms with E-state index in [1.54, 1.807) is 0 Å². The first-order chi connectivity index (χ1) is 6.36. The van der Waals surface area contributed by atoms with Crippen LogP contribution in [0.4, 0.5) is 5.95 Å². The van der Waals surface area contributed by atoms with E-state index in [1.807, 2.05) is 24.0 Å². The minimum absolute atomic E-state index is 0.761. The number of anilines is 1. The molecule has 0 saturated carbocycles. The maximum absolute atomic E-state index is 4.21. The van der Waals surface area contributed by atoms with Gasteiger partial charge in [0.1, 0.15) is 0 Å². The Labute approximate surface area is 78.4 Å². The molecule has 1 aliphatic rings. The summed E-state index contributed by atoms with van der Waals surface area (Å²) in [6.45, 7) is 3.32. The molecule has 1 aromatic heterocycles. The molecule has 0 spiro atoms. The number of aromatic nitrogens is 2. The van der Waals surface area contributed by atoms with Gasteiger partial charge in [0, 0.05) is 26.0 Å². The van der Waals surface area contributed by atoms with Gasteiger partial charge in [0.2, 0.25) is 5.95 Å². The lowest BCUT2D eigenvalue weighted by Gasteiger charge is -2.10. The van der Waals surface area contributed by atoms with Gasteiger partial charge in [-0.05, 0) is 25.4 Å². The summed E-state index contributed by atoms with van der Waals surface area (Å²) in [6, 6.07) is 0. The minimum Gasteiger partial charge on any atom is -0.355 e. The second-order valence-electron chi connectivity index (χ2n) is 3.60. The molecule has 1 fully saturated rings. The van der Waals surface area contributed by atoms with E-state index in [0.29, 0.717) is 0 Å². The normalized spacial score (nSPS) is 22.1. The smallest absolute Gasteiger partial charge is 0.202 e. The number of aryl methyl sites for hydroxylation is 1. The topological polar surface area (TPSA) is 41.9 Å². The van der Waals surface area contributed by atoms with E-state index >= 15 is 0 Å². The molecule has 1 aromatic rings. The summed E-state index contributed by atoms with van der Waals surface area (Å²) >= 11 is 0. The fourth-order valence-electron chi connectivity index (χ4n) is 1.66. The van der Waals surface area contributed by atoms with E-state index < -0.39 is 0 Å². The van der Waals surface area contributed by atoms with Crippen LogP contribution in [-0.2, 0) is 7.05 Å². The van der Waals surface area contributed by atoms with Crippen LogP contribution in [0.25, 0.3) is 0 Å². The Morgan fingerprint density at radius 2 is 2.69 bits per heavy atom. The Kier molecular flexibility index (Phi) is 2.49. The first kappa shape index (κ1) is 8.56. The van der Waals surface area contributed by atoms with Gasteiger partial charge in [-0.1, -0.05) is 0 Å². The number of rotatable bonds is 3. The zero-order valence-electron chi connectivity index (χ0n) is 7.95. The van der Waals surface area contributed by atoms with Gasteiger partial charge in [0.05, 0.1) is 0 Å². The lowest BCUT2D eigenvalue weighted by atomic mass is 10.1. The molecule has 72 valence electrons. The van der Waals surface area contributed by atoms with E-state index in [0.717, 1.165) is 31.5 Å². The third-order valence-electron chi connectivity index (χ3n) is 2.53. The fourth-order valence-corrected chi connectivity index (χ4v) is 1.66. The van der Waals surface area contributed by atoms with Crippen LogP contribution in [0, 0.1) is 5.92 Å². The predicted octanol–water partition coefficient (Wildman–Crippen LogP) is 0.441. The highest BCUT2D eigenvalue weighted by Crippen LogP contribution is 2.09. The van der Waals surface area contributed by atoms with E-state index in [1.165, 1.54) is 6.42 Å². The first-order valence-corrected chi connectivity index (χ1v) is 4.78. The maximum Gasteiger partial charge on any atom is 0.202 e. The number of imidazole rings is 1. The molecule has 0 aliphatic carbocycles. The van der Waals surface area contributed by atoms with Crippen LogP contribution in [0.5, 0.6) is 0 Å². The predicted molar refractivity (Wildman–Crippen MR) is 52.7 cm³/mol. The van der Waals surface area contributed by atoms with E-state index in [-0.39, 0.29) is 0 Å². The number of nitrogens with zero attached hydrogens (tertiary/aromatic N) is 2. The van der Waals surface area contributed by atoms with Crippen LogP contribution in [0.15, 0.2) is 12.4 Å². The monoisotopic (exact) mass is 180 g/mol. The highest BCUT2D eigenvalue weighted by atomic mass is 15.2. The summed E-state index contributed by atoms with van der Waals surface area (Å²) in [6.07, 6.45) is 5.04. The molecule has 0 radical (unpaired) electrons. The molecule has 1 atom stereocenters. The zero-order valence-corrected chi connectivity index (χ0v) is 7.95. The maximum atomic E-state index is 4.21. The summed E-state index contributed by atoms with van der Waals surface area (Å²) in [5.41, 5.74) is 0. The van der Waals surface area contributed by atoms with Crippen molar-refractivity contribution < 1.29 is 0 Å². The number of hydrogen-bond donors (Lipinski definition) is 2. The van der Waals surface area contributed by atoms with Crippen LogP contribution in [0.1, 0.15) is 6.42 Å².